The number of aliphatic hydroxyl groups is 1. The van der Waals surface area contributed by atoms with Crippen LogP contribution in [0.4, 0.5) is 0 Å². The van der Waals surface area contributed by atoms with Crippen LogP contribution in [-0.4, -0.2) is 46.9 Å². The molecule has 0 aromatic carbocycles. The zero-order chi connectivity index (χ0) is 13.7. The summed E-state index contributed by atoms with van der Waals surface area (Å²) in [6.45, 7) is 4.80. The Morgan fingerprint density at radius 1 is 1.24 bits per heavy atom. The van der Waals surface area contributed by atoms with E-state index in [2.05, 4.69) is 5.32 Å². The maximum atomic E-state index is 11.5. The Kier molecular flexibility index (Phi) is 5.57. The number of rotatable bonds is 7. The van der Waals surface area contributed by atoms with Crippen molar-refractivity contribution in [3.63, 3.8) is 0 Å². The highest BCUT2D eigenvalue weighted by atomic mass is 16.5. The van der Waals surface area contributed by atoms with Crippen molar-refractivity contribution in [3.8, 4) is 0 Å². The molecule has 100 valence electrons. The third kappa shape index (κ3) is 7.70. The number of amides is 1. The molecule has 6 heteroatoms. The van der Waals surface area contributed by atoms with E-state index < -0.39 is 23.6 Å². The lowest BCUT2D eigenvalue weighted by molar-refractivity contribution is -0.142. The van der Waals surface area contributed by atoms with Crippen LogP contribution in [0.3, 0.4) is 0 Å². The van der Waals surface area contributed by atoms with Crippen molar-refractivity contribution < 1.29 is 24.5 Å². The Balaban J connectivity index is 4.12. The van der Waals surface area contributed by atoms with E-state index in [0.29, 0.717) is 0 Å². The number of ether oxygens (including phenoxy) is 1. The maximum absolute atomic E-state index is 11.5. The lowest BCUT2D eigenvalue weighted by atomic mass is 10.0. The van der Waals surface area contributed by atoms with E-state index in [0.717, 1.165) is 0 Å². The largest absolute Gasteiger partial charge is 0.481 e. The molecular formula is C11H21NO5. The van der Waals surface area contributed by atoms with Gasteiger partial charge in [0.25, 0.3) is 0 Å². The van der Waals surface area contributed by atoms with Crippen LogP contribution >= 0.6 is 0 Å². The summed E-state index contributed by atoms with van der Waals surface area (Å²) in [7, 11) is 1.51. The van der Waals surface area contributed by atoms with Gasteiger partial charge in [-0.15, -0.1) is 0 Å². The van der Waals surface area contributed by atoms with Gasteiger partial charge in [0.15, 0.2) is 0 Å². The quantitative estimate of drug-likeness (QED) is 0.595. The van der Waals surface area contributed by atoms with Gasteiger partial charge in [-0.3, -0.25) is 9.59 Å². The van der Waals surface area contributed by atoms with Crippen LogP contribution in [0.2, 0.25) is 0 Å². The summed E-state index contributed by atoms with van der Waals surface area (Å²) in [4.78, 5) is 21.9. The minimum atomic E-state index is -1.45. The van der Waals surface area contributed by atoms with Crippen LogP contribution in [0.15, 0.2) is 0 Å². The first-order valence-electron chi connectivity index (χ1n) is 5.34. The van der Waals surface area contributed by atoms with Gasteiger partial charge in [0.1, 0.15) is 0 Å². The highest BCUT2D eigenvalue weighted by Gasteiger charge is 2.26. The van der Waals surface area contributed by atoms with Gasteiger partial charge in [-0.2, -0.15) is 0 Å². The lowest BCUT2D eigenvalue weighted by Crippen LogP contribution is -2.44. The summed E-state index contributed by atoms with van der Waals surface area (Å²) in [5.41, 5.74) is -2.03. The molecule has 0 heterocycles. The standard InChI is InChI=1S/C11H21NO5/c1-10(2,17-4)5-8(13)12-7-11(3,16)6-9(14)15/h16H,5-7H2,1-4H3,(H,12,13)(H,14,15). The third-order valence-corrected chi connectivity index (χ3v) is 2.34. The number of aliphatic carboxylic acids is 1. The molecule has 0 aliphatic heterocycles. The van der Waals surface area contributed by atoms with Gasteiger partial charge >= 0.3 is 5.97 Å². The molecule has 0 radical (unpaired) electrons. The summed E-state index contributed by atoms with van der Waals surface area (Å²) in [6, 6.07) is 0. The number of carbonyl (C=O) groups excluding carboxylic acids is 1. The number of nitrogens with one attached hydrogen (secondary N) is 1. The molecule has 0 rings (SSSR count). The number of carboxylic acids is 1. The smallest absolute Gasteiger partial charge is 0.306 e. The number of hydrogen-bond donors (Lipinski definition) is 3. The van der Waals surface area contributed by atoms with Crippen molar-refractivity contribution in [2.75, 3.05) is 13.7 Å². The van der Waals surface area contributed by atoms with E-state index in [4.69, 9.17) is 9.84 Å². The minimum absolute atomic E-state index is 0.0993. The molecule has 1 amide bonds. The zero-order valence-electron chi connectivity index (χ0n) is 10.7. The Labute approximate surface area is 101 Å². The molecule has 0 aliphatic carbocycles. The van der Waals surface area contributed by atoms with Crippen molar-refractivity contribution >= 4 is 11.9 Å². The van der Waals surface area contributed by atoms with Crippen LogP contribution in [0, 0.1) is 0 Å². The molecule has 0 saturated carbocycles. The van der Waals surface area contributed by atoms with Crippen LogP contribution in [0.5, 0.6) is 0 Å². The minimum Gasteiger partial charge on any atom is -0.481 e. The second-order valence-electron chi connectivity index (χ2n) is 4.98. The van der Waals surface area contributed by atoms with Crippen molar-refractivity contribution in [2.24, 2.45) is 0 Å². The molecule has 0 aromatic rings. The molecule has 1 atom stereocenters. The predicted octanol–water partition coefficient (Wildman–Crippen LogP) is 0.143. The van der Waals surface area contributed by atoms with Gasteiger partial charge < -0.3 is 20.3 Å². The molecule has 0 saturated heterocycles. The van der Waals surface area contributed by atoms with Gasteiger partial charge in [0, 0.05) is 13.7 Å². The molecule has 1 unspecified atom stereocenters. The summed E-state index contributed by atoms with van der Waals surface area (Å²) in [5.74, 6) is -1.40. The van der Waals surface area contributed by atoms with Crippen molar-refractivity contribution in [1.29, 1.82) is 0 Å². The van der Waals surface area contributed by atoms with Gasteiger partial charge in [-0.25, -0.2) is 0 Å². The van der Waals surface area contributed by atoms with E-state index in [9.17, 15) is 14.7 Å². The van der Waals surface area contributed by atoms with Gasteiger partial charge in [0.05, 0.1) is 24.0 Å². The Hall–Kier alpha value is -1.14. The summed E-state index contributed by atoms with van der Waals surface area (Å²) in [5, 5.41) is 20.7. The van der Waals surface area contributed by atoms with Crippen LogP contribution in [0.1, 0.15) is 33.6 Å². The monoisotopic (exact) mass is 247 g/mol. The number of carbonyl (C=O) groups is 2. The van der Waals surface area contributed by atoms with Crippen molar-refractivity contribution in [1.82, 2.24) is 5.32 Å². The zero-order valence-corrected chi connectivity index (χ0v) is 10.7. The van der Waals surface area contributed by atoms with E-state index in [1.807, 2.05) is 0 Å². The second-order valence-corrected chi connectivity index (χ2v) is 4.98. The molecule has 0 aliphatic rings. The van der Waals surface area contributed by atoms with E-state index in [1.165, 1.54) is 14.0 Å². The molecular weight excluding hydrogens is 226 g/mol. The number of carboxylic acid groups (broad SMARTS) is 1. The first-order valence-corrected chi connectivity index (χ1v) is 5.34. The van der Waals surface area contributed by atoms with Crippen LogP contribution < -0.4 is 5.32 Å². The van der Waals surface area contributed by atoms with Gasteiger partial charge in [0.2, 0.25) is 5.91 Å². The molecule has 0 spiro atoms. The fraction of sp³-hybridized carbons (Fsp3) is 0.818. The molecule has 0 bridgehead atoms. The molecule has 3 N–H and O–H groups in total. The molecule has 17 heavy (non-hydrogen) atoms. The first kappa shape index (κ1) is 15.9. The van der Waals surface area contributed by atoms with Crippen LogP contribution in [-0.2, 0) is 14.3 Å². The Bertz CT molecular complexity index is 286. The van der Waals surface area contributed by atoms with E-state index in [1.54, 1.807) is 13.8 Å². The Morgan fingerprint density at radius 2 is 1.76 bits per heavy atom. The summed E-state index contributed by atoms with van der Waals surface area (Å²) >= 11 is 0. The maximum Gasteiger partial charge on any atom is 0.306 e. The average molecular weight is 247 g/mol. The van der Waals surface area contributed by atoms with Gasteiger partial charge in [-0.05, 0) is 20.8 Å². The number of methoxy groups -OCH3 is 1. The summed E-state index contributed by atoms with van der Waals surface area (Å²) < 4.78 is 5.09. The predicted molar refractivity (Wildman–Crippen MR) is 61.6 cm³/mol. The normalized spacial score (nSPS) is 15.1. The van der Waals surface area contributed by atoms with Crippen molar-refractivity contribution in [2.45, 2.75) is 44.8 Å². The fourth-order valence-corrected chi connectivity index (χ4v) is 1.20. The van der Waals surface area contributed by atoms with Crippen LogP contribution in [0.25, 0.3) is 0 Å². The molecule has 0 fully saturated rings. The van der Waals surface area contributed by atoms with E-state index >= 15 is 0 Å². The highest BCUT2D eigenvalue weighted by molar-refractivity contribution is 5.77. The SMILES string of the molecule is COC(C)(C)CC(=O)NCC(C)(O)CC(=O)O. The fourth-order valence-electron chi connectivity index (χ4n) is 1.20. The summed E-state index contributed by atoms with van der Waals surface area (Å²) in [6.07, 6.45) is -0.270. The first-order chi connectivity index (χ1) is 7.58. The Morgan fingerprint density at radius 3 is 2.18 bits per heavy atom. The molecule has 6 nitrogen and oxygen atoms in total. The molecule has 0 aromatic heterocycles. The van der Waals surface area contributed by atoms with Crippen molar-refractivity contribution in [3.05, 3.63) is 0 Å². The number of hydrogen-bond acceptors (Lipinski definition) is 4. The van der Waals surface area contributed by atoms with Gasteiger partial charge in [-0.1, -0.05) is 0 Å². The topological polar surface area (TPSA) is 95.9 Å². The van der Waals surface area contributed by atoms with E-state index in [-0.39, 0.29) is 18.9 Å². The highest BCUT2D eigenvalue weighted by Crippen LogP contribution is 2.13. The average Bonchev–Trinajstić information content (AvgIpc) is 2.12. The second kappa shape index (κ2) is 5.97. The third-order valence-electron chi connectivity index (χ3n) is 2.34. The lowest BCUT2D eigenvalue weighted by Gasteiger charge is -2.25.